The first kappa shape index (κ1) is 14.9. The van der Waals surface area contributed by atoms with Gasteiger partial charge in [-0.15, -0.1) is 0 Å². The second-order valence-corrected chi connectivity index (χ2v) is 6.22. The summed E-state index contributed by atoms with van der Waals surface area (Å²) >= 11 is 0. The number of hydrogen-bond acceptors (Lipinski definition) is 5. The summed E-state index contributed by atoms with van der Waals surface area (Å²) in [6.07, 6.45) is 1.63. The Labute approximate surface area is 141 Å². The number of piperazine rings is 1. The van der Waals surface area contributed by atoms with Crippen molar-refractivity contribution >= 4 is 22.4 Å². The maximum Gasteiger partial charge on any atom is 0.139 e. The van der Waals surface area contributed by atoms with E-state index in [1.807, 2.05) is 18.2 Å². The molecule has 4 rings (SSSR count). The van der Waals surface area contributed by atoms with Crippen LogP contribution in [0.25, 0.3) is 10.9 Å². The summed E-state index contributed by atoms with van der Waals surface area (Å²) in [4.78, 5) is 13.7. The van der Waals surface area contributed by atoms with Gasteiger partial charge in [0.25, 0.3) is 0 Å². The van der Waals surface area contributed by atoms with Gasteiger partial charge in [-0.3, -0.25) is 4.90 Å². The zero-order chi connectivity index (χ0) is 16.4. The lowest BCUT2D eigenvalue weighted by Gasteiger charge is -2.35. The van der Waals surface area contributed by atoms with Crippen LogP contribution in [0.5, 0.6) is 0 Å². The van der Waals surface area contributed by atoms with Crippen LogP contribution in [0.1, 0.15) is 5.56 Å². The third-order valence-electron chi connectivity index (χ3n) is 4.56. The van der Waals surface area contributed by atoms with Crippen LogP contribution >= 0.6 is 0 Å². The van der Waals surface area contributed by atoms with Crippen LogP contribution in [0, 0.1) is 0 Å². The lowest BCUT2D eigenvalue weighted by Crippen LogP contribution is -2.46. The molecule has 0 atom stereocenters. The summed E-state index contributed by atoms with van der Waals surface area (Å²) in [5.74, 6) is 1.01. The second-order valence-electron chi connectivity index (χ2n) is 6.22. The van der Waals surface area contributed by atoms with Gasteiger partial charge >= 0.3 is 0 Å². The highest BCUT2D eigenvalue weighted by Gasteiger charge is 2.19. The molecule has 1 aromatic heterocycles. The third-order valence-corrected chi connectivity index (χ3v) is 4.56. The number of rotatable bonds is 3. The van der Waals surface area contributed by atoms with Gasteiger partial charge in [0.2, 0.25) is 0 Å². The van der Waals surface area contributed by atoms with E-state index in [1.165, 1.54) is 5.56 Å². The van der Waals surface area contributed by atoms with Crippen molar-refractivity contribution in [2.24, 2.45) is 0 Å². The molecule has 0 radical (unpaired) electrons. The molecule has 1 aliphatic heterocycles. The van der Waals surface area contributed by atoms with E-state index in [9.17, 15) is 0 Å². The van der Waals surface area contributed by atoms with E-state index in [0.717, 1.165) is 55.1 Å². The summed E-state index contributed by atoms with van der Waals surface area (Å²) in [5.41, 5.74) is 8.88. The van der Waals surface area contributed by atoms with Crippen LogP contribution in [0.3, 0.4) is 0 Å². The molecule has 2 N–H and O–H groups in total. The predicted molar refractivity (Wildman–Crippen MR) is 97.9 cm³/mol. The highest BCUT2D eigenvalue weighted by Crippen LogP contribution is 2.25. The van der Waals surface area contributed by atoms with Crippen molar-refractivity contribution in [2.45, 2.75) is 6.54 Å². The fraction of sp³-hybridized carbons (Fsp3) is 0.263. The number of anilines is 2. The molecule has 24 heavy (non-hydrogen) atoms. The Balaban J connectivity index is 1.48. The lowest BCUT2D eigenvalue weighted by atomic mass is 10.1. The van der Waals surface area contributed by atoms with Crippen molar-refractivity contribution in [2.75, 3.05) is 36.8 Å². The number of aromatic nitrogens is 2. The van der Waals surface area contributed by atoms with Crippen LogP contribution in [0.2, 0.25) is 0 Å². The highest BCUT2D eigenvalue weighted by molar-refractivity contribution is 5.91. The van der Waals surface area contributed by atoms with Gasteiger partial charge in [-0.1, -0.05) is 30.3 Å². The van der Waals surface area contributed by atoms with Gasteiger partial charge in [0, 0.05) is 43.8 Å². The van der Waals surface area contributed by atoms with Crippen LogP contribution < -0.4 is 10.6 Å². The minimum Gasteiger partial charge on any atom is -0.399 e. The summed E-state index contributed by atoms with van der Waals surface area (Å²) in [6, 6.07) is 16.5. The second kappa shape index (κ2) is 6.45. The van der Waals surface area contributed by atoms with Gasteiger partial charge in [0.15, 0.2) is 0 Å². The maximum absolute atomic E-state index is 5.86. The van der Waals surface area contributed by atoms with Crippen molar-refractivity contribution < 1.29 is 0 Å². The largest absolute Gasteiger partial charge is 0.399 e. The number of nitrogen functional groups attached to an aromatic ring is 1. The predicted octanol–water partition coefficient (Wildman–Crippen LogP) is 2.53. The number of hydrogen-bond donors (Lipinski definition) is 1. The van der Waals surface area contributed by atoms with Crippen molar-refractivity contribution in [1.29, 1.82) is 0 Å². The molecule has 0 amide bonds. The number of fused-ring (bicyclic) bond motifs is 1. The smallest absolute Gasteiger partial charge is 0.139 e. The normalized spacial score (nSPS) is 15.8. The third kappa shape index (κ3) is 3.03. The Morgan fingerprint density at radius 2 is 1.71 bits per heavy atom. The van der Waals surface area contributed by atoms with Crippen LogP contribution in [-0.2, 0) is 6.54 Å². The number of nitrogens with zero attached hydrogens (tertiary/aromatic N) is 4. The Hall–Kier alpha value is -2.66. The summed E-state index contributed by atoms with van der Waals surface area (Å²) in [5, 5.41) is 1.07. The molecule has 2 heterocycles. The zero-order valence-electron chi connectivity index (χ0n) is 13.6. The number of nitrogens with two attached hydrogens (primary N) is 1. The molecule has 0 aliphatic carbocycles. The molecule has 0 spiro atoms. The highest BCUT2D eigenvalue weighted by atomic mass is 15.3. The SMILES string of the molecule is Nc1ccc2c(N3CCN(Cc4ccccc4)CC3)ncnc2c1. The summed E-state index contributed by atoms with van der Waals surface area (Å²) in [6.45, 7) is 5.03. The first-order chi connectivity index (χ1) is 11.8. The van der Waals surface area contributed by atoms with E-state index < -0.39 is 0 Å². The average molecular weight is 319 g/mol. The van der Waals surface area contributed by atoms with Gasteiger partial charge in [0.05, 0.1) is 5.52 Å². The standard InChI is InChI=1S/C19H21N5/c20-16-6-7-17-18(12-16)21-14-22-19(17)24-10-8-23(9-11-24)13-15-4-2-1-3-5-15/h1-7,12,14H,8-11,13,20H2. The Kier molecular flexibility index (Phi) is 4.01. The molecule has 1 aliphatic rings. The molecule has 5 heteroatoms. The van der Waals surface area contributed by atoms with E-state index in [0.29, 0.717) is 0 Å². The topological polar surface area (TPSA) is 58.3 Å². The monoisotopic (exact) mass is 319 g/mol. The van der Waals surface area contributed by atoms with Gasteiger partial charge in [0.1, 0.15) is 12.1 Å². The maximum atomic E-state index is 5.86. The Morgan fingerprint density at radius 1 is 0.917 bits per heavy atom. The summed E-state index contributed by atoms with van der Waals surface area (Å²) < 4.78 is 0. The van der Waals surface area contributed by atoms with Gasteiger partial charge in [-0.2, -0.15) is 0 Å². The first-order valence-electron chi connectivity index (χ1n) is 8.31. The van der Waals surface area contributed by atoms with Gasteiger partial charge in [-0.05, 0) is 23.8 Å². The molecule has 0 saturated carbocycles. The quantitative estimate of drug-likeness (QED) is 0.752. The molecule has 3 aromatic rings. The molecule has 122 valence electrons. The van der Waals surface area contributed by atoms with Crippen LogP contribution in [0.4, 0.5) is 11.5 Å². The zero-order valence-corrected chi connectivity index (χ0v) is 13.6. The molecule has 2 aromatic carbocycles. The Bertz CT molecular complexity index is 826. The molecule has 5 nitrogen and oxygen atoms in total. The molecular formula is C19H21N5. The minimum absolute atomic E-state index is 0.736. The first-order valence-corrected chi connectivity index (χ1v) is 8.31. The van der Waals surface area contributed by atoms with E-state index in [-0.39, 0.29) is 0 Å². The fourth-order valence-corrected chi connectivity index (χ4v) is 3.27. The van der Waals surface area contributed by atoms with Gasteiger partial charge < -0.3 is 10.6 Å². The Morgan fingerprint density at radius 3 is 2.50 bits per heavy atom. The van der Waals surface area contributed by atoms with Crippen LogP contribution in [-0.4, -0.2) is 41.0 Å². The molecular weight excluding hydrogens is 298 g/mol. The molecule has 0 bridgehead atoms. The van der Waals surface area contributed by atoms with Crippen molar-refractivity contribution in [3.05, 3.63) is 60.4 Å². The summed E-state index contributed by atoms with van der Waals surface area (Å²) in [7, 11) is 0. The fourth-order valence-electron chi connectivity index (χ4n) is 3.27. The van der Waals surface area contributed by atoms with E-state index in [2.05, 4.69) is 50.1 Å². The lowest BCUT2D eigenvalue weighted by molar-refractivity contribution is 0.249. The molecule has 1 saturated heterocycles. The minimum atomic E-state index is 0.736. The van der Waals surface area contributed by atoms with Crippen molar-refractivity contribution in [3.8, 4) is 0 Å². The molecule has 0 unspecified atom stereocenters. The number of benzene rings is 2. The van der Waals surface area contributed by atoms with E-state index >= 15 is 0 Å². The average Bonchev–Trinajstić information content (AvgIpc) is 2.62. The van der Waals surface area contributed by atoms with E-state index in [4.69, 9.17) is 5.73 Å². The molecule has 1 fully saturated rings. The van der Waals surface area contributed by atoms with Gasteiger partial charge in [-0.25, -0.2) is 9.97 Å². The van der Waals surface area contributed by atoms with Crippen molar-refractivity contribution in [3.63, 3.8) is 0 Å². The van der Waals surface area contributed by atoms with E-state index in [1.54, 1.807) is 6.33 Å². The van der Waals surface area contributed by atoms with Crippen LogP contribution in [0.15, 0.2) is 54.9 Å². The van der Waals surface area contributed by atoms with Crippen molar-refractivity contribution in [1.82, 2.24) is 14.9 Å².